The fourth-order valence-corrected chi connectivity index (χ4v) is 1.08. The molecule has 0 unspecified atom stereocenters. The predicted molar refractivity (Wildman–Crippen MR) is 69.4 cm³/mol. The van der Waals surface area contributed by atoms with Gasteiger partial charge in [-0.2, -0.15) is 0 Å². The van der Waals surface area contributed by atoms with Gasteiger partial charge in [-0.1, -0.05) is 0 Å². The van der Waals surface area contributed by atoms with Crippen molar-refractivity contribution in [3.8, 4) is 0 Å². The molecule has 4 heteroatoms. The monoisotopic (exact) mass is 328 g/mol. The van der Waals surface area contributed by atoms with Crippen LogP contribution in [-0.4, -0.2) is 28.2 Å². The largest absolute Gasteiger partial charge is 0.376 e. The van der Waals surface area contributed by atoms with Crippen LogP contribution in [0, 0.1) is 0 Å². The van der Waals surface area contributed by atoms with Gasteiger partial charge >= 0.3 is 0 Å². The Kier molecular flexibility index (Phi) is 6.28. The molecule has 0 aliphatic rings. The molecule has 0 bridgehead atoms. The molecule has 0 rings (SSSR count). The van der Waals surface area contributed by atoms with Gasteiger partial charge in [0.15, 0.2) is 0 Å². The number of carbonyl (C=O) groups excluding carboxylic acids is 1. The van der Waals surface area contributed by atoms with Gasteiger partial charge in [-0.3, -0.25) is 4.79 Å². The molecule has 0 saturated carbocycles. The zero-order valence-corrected chi connectivity index (χ0v) is 12.4. The first-order valence-corrected chi connectivity index (χ1v) is 6.16. The fourth-order valence-electron chi connectivity index (χ4n) is 0.927. The smallest absolute Gasteiger partial charge is 0.217 e. The van der Waals surface area contributed by atoms with E-state index in [-0.39, 0.29) is 21.6 Å². The molecular weight excluding hydrogens is 307 g/mol. The summed E-state index contributed by atoms with van der Waals surface area (Å²) in [7, 11) is 0. The van der Waals surface area contributed by atoms with Crippen molar-refractivity contribution in [2.24, 2.45) is 0 Å². The third kappa shape index (κ3) is 10.6. The second-order valence-electron chi connectivity index (χ2n) is 5.11. The van der Waals surface area contributed by atoms with E-state index in [0.29, 0.717) is 6.61 Å². The first-order chi connectivity index (χ1) is 6.62. The van der Waals surface area contributed by atoms with E-state index in [1.54, 1.807) is 22.6 Å². The summed E-state index contributed by atoms with van der Waals surface area (Å²) in [5.41, 5.74) is -0.415. The van der Waals surface area contributed by atoms with Crippen LogP contribution in [0.2, 0.25) is 0 Å². The van der Waals surface area contributed by atoms with Crippen molar-refractivity contribution in [2.45, 2.75) is 52.2 Å². The van der Waals surface area contributed by atoms with Crippen LogP contribution in [0.15, 0.2) is 0 Å². The van der Waals surface area contributed by atoms with Crippen LogP contribution >= 0.6 is 22.6 Å². The summed E-state index contributed by atoms with van der Waals surface area (Å²) in [6.45, 7) is 10.8. The summed E-state index contributed by atoms with van der Waals surface area (Å²) < 4.78 is 11.1. The van der Waals surface area contributed by atoms with E-state index in [2.05, 4.69) is 0 Å². The minimum Gasteiger partial charge on any atom is -0.376 e. The Bertz CT molecular complexity index is 206. The van der Waals surface area contributed by atoms with E-state index in [9.17, 15) is 4.79 Å². The highest BCUT2D eigenvalue weighted by Gasteiger charge is 2.20. The third-order valence-electron chi connectivity index (χ3n) is 1.82. The molecule has 3 nitrogen and oxygen atoms in total. The summed E-state index contributed by atoms with van der Waals surface area (Å²) in [5, 5.41) is 0. The van der Waals surface area contributed by atoms with Crippen LogP contribution in [0.1, 0.15) is 41.0 Å². The fraction of sp³-hybridized carbons (Fsp3) is 0.909. The molecule has 0 aliphatic heterocycles. The summed E-state index contributed by atoms with van der Waals surface area (Å²) in [6.07, 6.45) is 0.786. The second kappa shape index (κ2) is 6.15. The summed E-state index contributed by atoms with van der Waals surface area (Å²) >= 11 is 1.74. The van der Waals surface area contributed by atoms with Crippen molar-refractivity contribution in [3.63, 3.8) is 0 Å². The molecule has 0 N–H and O–H groups in total. The number of ether oxygens (including phenoxy) is 2. The van der Waals surface area contributed by atoms with E-state index in [4.69, 9.17) is 9.47 Å². The van der Waals surface area contributed by atoms with Crippen LogP contribution in [0.4, 0.5) is 0 Å². The van der Waals surface area contributed by atoms with Gasteiger partial charge in [0.2, 0.25) is 3.79 Å². The van der Waals surface area contributed by atoms with Gasteiger partial charge in [-0.25, -0.2) is 0 Å². The lowest BCUT2D eigenvalue weighted by Crippen LogP contribution is -2.30. The molecule has 0 radical (unpaired) electrons. The average molecular weight is 328 g/mol. The van der Waals surface area contributed by atoms with Gasteiger partial charge in [-0.15, -0.1) is 0 Å². The quantitative estimate of drug-likeness (QED) is 0.555. The molecule has 0 amide bonds. The minimum absolute atomic E-state index is 0.0254. The van der Waals surface area contributed by atoms with Gasteiger partial charge < -0.3 is 9.47 Å². The molecule has 0 aromatic carbocycles. The number of halogens is 1. The van der Waals surface area contributed by atoms with Crippen LogP contribution < -0.4 is 0 Å². The van der Waals surface area contributed by atoms with Crippen molar-refractivity contribution < 1.29 is 14.3 Å². The molecule has 0 atom stereocenters. The van der Waals surface area contributed by atoms with Gasteiger partial charge in [0.25, 0.3) is 0 Å². The van der Waals surface area contributed by atoms with E-state index in [1.165, 1.54) is 0 Å². The molecule has 0 saturated heterocycles. The Hall–Kier alpha value is 0.320. The number of hydrogen-bond donors (Lipinski definition) is 0. The Morgan fingerprint density at radius 1 is 1.13 bits per heavy atom. The molecular formula is C11H21IO3. The highest BCUT2D eigenvalue weighted by Crippen LogP contribution is 2.17. The molecule has 90 valence electrons. The maximum absolute atomic E-state index is 10.8. The SMILES string of the molecule is CC(C)(C)OCCC(C)(C)OCC(=O)I. The second-order valence-corrected chi connectivity index (χ2v) is 6.32. The van der Waals surface area contributed by atoms with Crippen LogP contribution in [0.25, 0.3) is 0 Å². The Labute approximate surface area is 106 Å². The molecule has 15 heavy (non-hydrogen) atoms. The highest BCUT2D eigenvalue weighted by molar-refractivity contribution is 14.1. The van der Waals surface area contributed by atoms with Crippen LogP contribution in [0.5, 0.6) is 0 Å². The molecule has 0 spiro atoms. The number of carbonyl (C=O) groups is 1. The molecule has 0 heterocycles. The van der Waals surface area contributed by atoms with Crippen molar-refractivity contribution in [1.82, 2.24) is 0 Å². The zero-order valence-electron chi connectivity index (χ0n) is 10.2. The van der Waals surface area contributed by atoms with Crippen molar-refractivity contribution in [3.05, 3.63) is 0 Å². The predicted octanol–water partition coefficient (Wildman–Crippen LogP) is 2.95. The van der Waals surface area contributed by atoms with Gasteiger partial charge in [0, 0.05) is 29.2 Å². The van der Waals surface area contributed by atoms with Gasteiger partial charge in [0.1, 0.15) is 6.61 Å². The summed E-state index contributed by atoms with van der Waals surface area (Å²) in [4.78, 5) is 10.8. The molecule has 0 aliphatic carbocycles. The van der Waals surface area contributed by atoms with E-state index in [0.717, 1.165) is 6.42 Å². The highest BCUT2D eigenvalue weighted by atomic mass is 127. The molecule has 0 aromatic heterocycles. The van der Waals surface area contributed by atoms with E-state index >= 15 is 0 Å². The zero-order chi connectivity index (χ0) is 12.1. The first-order valence-electron chi connectivity index (χ1n) is 5.09. The van der Waals surface area contributed by atoms with Crippen molar-refractivity contribution in [2.75, 3.05) is 13.2 Å². The van der Waals surface area contributed by atoms with Gasteiger partial charge in [0.05, 0.1) is 11.2 Å². The lowest BCUT2D eigenvalue weighted by atomic mass is 10.1. The van der Waals surface area contributed by atoms with Crippen molar-refractivity contribution >= 4 is 26.4 Å². The Morgan fingerprint density at radius 3 is 2.07 bits per heavy atom. The van der Waals surface area contributed by atoms with Crippen LogP contribution in [-0.2, 0) is 14.3 Å². The molecule has 0 fully saturated rings. The standard InChI is InChI=1S/C11H21IO3/c1-10(2,3)14-7-6-11(4,5)15-8-9(12)13/h6-8H2,1-5H3. The maximum Gasteiger partial charge on any atom is 0.217 e. The van der Waals surface area contributed by atoms with Crippen LogP contribution in [0.3, 0.4) is 0 Å². The van der Waals surface area contributed by atoms with Gasteiger partial charge in [-0.05, 0) is 41.0 Å². The topological polar surface area (TPSA) is 35.5 Å². The number of hydrogen-bond acceptors (Lipinski definition) is 3. The number of rotatable bonds is 6. The Morgan fingerprint density at radius 2 is 1.67 bits per heavy atom. The summed E-state index contributed by atoms with van der Waals surface area (Å²) in [5.74, 6) is 0. The minimum atomic E-state index is -0.300. The Balaban J connectivity index is 3.78. The van der Waals surface area contributed by atoms with E-state index in [1.807, 2.05) is 34.6 Å². The lowest BCUT2D eigenvalue weighted by Gasteiger charge is -2.27. The van der Waals surface area contributed by atoms with Crippen molar-refractivity contribution in [1.29, 1.82) is 0 Å². The third-order valence-corrected chi connectivity index (χ3v) is 2.13. The normalized spacial score (nSPS) is 12.9. The van der Waals surface area contributed by atoms with E-state index < -0.39 is 0 Å². The summed E-state index contributed by atoms with van der Waals surface area (Å²) in [6, 6.07) is 0. The average Bonchev–Trinajstić information content (AvgIpc) is 1.98. The molecule has 0 aromatic rings. The lowest BCUT2D eigenvalue weighted by molar-refractivity contribution is -0.121. The maximum atomic E-state index is 10.8. The first kappa shape index (κ1) is 15.3.